The Balaban J connectivity index is 2.09. The van der Waals surface area contributed by atoms with Gasteiger partial charge >= 0.3 is 0 Å². The van der Waals surface area contributed by atoms with Crippen LogP contribution in [0.15, 0.2) is 0 Å². The Morgan fingerprint density at radius 2 is 1.95 bits per heavy atom. The summed E-state index contributed by atoms with van der Waals surface area (Å²) in [5, 5.41) is 0. The minimum atomic E-state index is -0.299. The third-order valence-corrected chi connectivity index (χ3v) is 4.84. The summed E-state index contributed by atoms with van der Waals surface area (Å²) in [6.07, 6.45) is 3.56. The minimum absolute atomic E-state index is 0.116. The first-order valence-corrected chi connectivity index (χ1v) is 8.25. The largest absolute Gasteiger partial charge is 0.341 e. The van der Waals surface area contributed by atoms with Crippen molar-refractivity contribution >= 4 is 11.8 Å². The van der Waals surface area contributed by atoms with Gasteiger partial charge in [-0.1, -0.05) is 13.8 Å². The Morgan fingerprint density at radius 3 is 2.48 bits per heavy atom. The highest BCUT2D eigenvalue weighted by molar-refractivity contribution is 5.89. The summed E-state index contributed by atoms with van der Waals surface area (Å²) in [4.78, 5) is 28.7. The van der Waals surface area contributed by atoms with Crippen molar-refractivity contribution in [3.63, 3.8) is 0 Å². The number of likely N-dealkylation sites (tertiary alicyclic amines) is 2. The molecular formula is C16H29N3O2. The van der Waals surface area contributed by atoms with Gasteiger partial charge in [-0.2, -0.15) is 0 Å². The van der Waals surface area contributed by atoms with Crippen molar-refractivity contribution in [3.05, 3.63) is 0 Å². The van der Waals surface area contributed by atoms with Crippen LogP contribution in [-0.2, 0) is 9.59 Å². The smallest absolute Gasteiger partial charge is 0.245 e. The molecule has 2 fully saturated rings. The number of amides is 2. The summed E-state index contributed by atoms with van der Waals surface area (Å²) in [5.74, 6) is 0.772. The van der Waals surface area contributed by atoms with Gasteiger partial charge in [0, 0.05) is 32.1 Å². The molecule has 2 rings (SSSR count). The molecule has 2 N–H and O–H groups in total. The summed E-state index contributed by atoms with van der Waals surface area (Å²) < 4.78 is 0. The summed E-state index contributed by atoms with van der Waals surface area (Å²) in [5.41, 5.74) is 6.01. The van der Waals surface area contributed by atoms with Crippen LogP contribution in [0.5, 0.6) is 0 Å². The molecule has 2 amide bonds. The lowest BCUT2D eigenvalue weighted by molar-refractivity contribution is -0.146. The Labute approximate surface area is 127 Å². The highest BCUT2D eigenvalue weighted by atomic mass is 16.2. The fourth-order valence-corrected chi connectivity index (χ4v) is 3.57. The van der Waals surface area contributed by atoms with Gasteiger partial charge in [0.1, 0.15) is 6.04 Å². The molecule has 0 saturated carbocycles. The van der Waals surface area contributed by atoms with E-state index in [2.05, 4.69) is 0 Å². The van der Waals surface area contributed by atoms with E-state index in [0.29, 0.717) is 12.3 Å². The number of nitrogens with zero attached hydrogens (tertiary/aromatic N) is 2. The van der Waals surface area contributed by atoms with Gasteiger partial charge in [0.05, 0.1) is 0 Å². The molecule has 3 atom stereocenters. The monoisotopic (exact) mass is 295 g/mol. The van der Waals surface area contributed by atoms with E-state index in [-0.39, 0.29) is 29.8 Å². The van der Waals surface area contributed by atoms with E-state index in [4.69, 9.17) is 5.73 Å². The maximum atomic E-state index is 12.9. The zero-order valence-corrected chi connectivity index (χ0v) is 13.5. The Morgan fingerprint density at radius 1 is 1.24 bits per heavy atom. The van der Waals surface area contributed by atoms with Gasteiger partial charge in [0.2, 0.25) is 11.8 Å². The summed E-state index contributed by atoms with van der Waals surface area (Å²) in [7, 11) is 0. The van der Waals surface area contributed by atoms with Crippen molar-refractivity contribution in [1.82, 2.24) is 9.80 Å². The van der Waals surface area contributed by atoms with E-state index in [1.165, 1.54) is 0 Å². The molecule has 5 heteroatoms. The second-order valence-corrected chi connectivity index (χ2v) is 6.93. The molecular weight excluding hydrogens is 266 g/mol. The SMILES string of the molecule is CC(C)C(C(=O)N1CCCC(C(C)N)C1)N1CCCC1=O. The number of hydrogen-bond donors (Lipinski definition) is 1. The highest BCUT2D eigenvalue weighted by Crippen LogP contribution is 2.24. The van der Waals surface area contributed by atoms with Crippen LogP contribution in [0.25, 0.3) is 0 Å². The van der Waals surface area contributed by atoms with Crippen LogP contribution < -0.4 is 5.73 Å². The third kappa shape index (κ3) is 3.57. The fraction of sp³-hybridized carbons (Fsp3) is 0.875. The molecule has 3 unspecified atom stereocenters. The molecule has 0 spiro atoms. The van der Waals surface area contributed by atoms with Gasteiger partial charge in [-0.15, -0.1) is 0 Å². The fourth-order valence-electron chi connectivity index (χ4n) is 3.57. The van der Waals surface area contributed by atoms with E-state index < -0.39 is 0 Å². The van der Waals surface area contributed by atoms with Gasteiger partial charge in [-0.25, -0.2) is 0 Å². The number of hydrogen-bond acceptors (Lipinski definition) is 3. The van der Waals surface area contributed by atoms with Crippen LogP contribution in [0.1, 0.15) is 46.5 Å². The molecule has 0 radical (unpaired) electrons. The molecule has 0 bridgehead atoms. The highest BCUT2D eigenvalue weighted by Gasteiger charge is 2.38. The molecule has 2 aliphatic heterocycles. The molecule has 0 aliphatic carbocycles. The van der Waals surface area contributed by atoms with E-state index in [1.54, 1.807) is 4.90 Å². The van der Waals surface area contributed by atoms with Crippen molar-refractivity contribution in [2.24, 2.45) is 17.6 Å². The number of piperidine rings is 1. The maximum Gasteiger partial charge on any atom is 0.245 e. The van der Waals surface area contributed by atoms with Crippen LogP contribution in [0.3, 0.4) is 0 Å². The lowest BCUT2D eigenvalue weighted by Gasteiger charge is -2.39. The summed E-state index contributed by atoms with van der Waals surface area (Å²) in [6, 6.07) is -0.182. The number of nitrogens with two attached hydrogens (primary N) is 1. The van der Waals surface area contributed by atoms with Crippen LogP contribution in [0, 0.1) is 11.8 Å². The molecule has 120 valence electrons. The van der Waals surface area contributed by atoms with Gasteiger partial charge in [0.15, 0.2) is 0 Å². The Kier molecular flexibility index (Phi) is 5.25. The average molecular weight is 295 g/mol. The Hall–Kier alpha value is -1.10. The summed E-state index contributed by atoms with van der Waals surface area (Å²) in [6.45, 7) is 8.33. The zero-order valence-electron chi connectivity index (χ0n) is 13.5. The predicted octanol–water partition coefficient (Wildman–Crippen LogP) is 1.22. The second-order valence-electron chi connectivity index (χ2n) is 6.93. The lowest BCUT2D eigenvalue weighted by Crippen LogP contribution is -2.55. The summed E-state index contributed by atoms with van der Waals surface area (Å²) >= 11 is 0. The molecule has 2 saturated heterocycles. The van der Waals surface area contributed by atoms with Crippen LogP contribution in [0.4, 0.5) is 0 Å². The third-order valence-electron chi connectivity index (χ3n) is 4.84. The number of rotatable bonds is 4. The first-order valence-electron chi connectivity index (χ1n) is 8.25. The topological polar surface area (TPSA) is 66.6 Å². The molecule has 0 aromatic rings. The molecule has 5 nitrogen and oxygen atoms in total. The van der Waals surface area contributed by atoms with Crippen molar-refractivity contribution in [1.29, 1.82) is 0 Å². The standard InChI is InChI=1S/C16H29N3O2/c1-11(2)15(19-9-5-7-14(19)20)16(21)18-8-4-6-13(10-18)12(3)17/h11-13,15H,4-10,17H2,1-3H3. The van der Waals surface area contributed by atoms with Gasteiger partial charge in [0.25, 0.3) is 0 Å². The van der Waals surface area contributed by atoms with E-state index in [1.807, 2.05) is 25.7 Å². The van der Waals surface area contributed by atoms with Crippen molar-refractivity contribution in [3.8, 4) is 0 Å². The van der Waals surface area contributed by atoms with Crippen molar-refractivity contribution in [2.75, 3.05) is 19.6 Å². The quantitative estimate of drug-likeness (QED) is 0.848. The maximum absolute atomic E-state index is 12.9. The molecule has 0 aromatic heterocycles. The van der Waals surface area contributed by atoms with Crippen LogP contribution in [-0.4, -0.2) is 53.3 Å². The molecule has 21 heavy (non-hydrogen) atoms. The molecule has 2 heterocycles. The van der Waals surface area contributed by atoms with Crippen LogP contribution >= 0.6 is 0 Å². The van der Waals surface area contributed by atoms with E-state index >= 15 is 0 Å². The average Bonchev–Trinajstić information content (AvgIpc) is 2.85. The van der Waals surface area contributed by atoms with Crippen molar-refractivity contribution < 1.29 is 9.59 Å². The van der Waals surface area contributed by atoms with Crippen molar-refractivity contribution in [2.45, 2.75) is 58.5 Å². The van der Waals surface area contributed by atoms with Gasteiger partial charge in [-0.3, -0.25) is 9.59 Å². The molecule has 2 aliphatic rings. The Bertz CT molecular complexity index is 395. The molecule has 0 aromatic carbocycles. The lowest BCUT2D eigenvalue weighted by atomic mass is 9.91. The van der Waals surface area contributed by atoms with Gasteiger partial charge in [-0.05, 0) is 38.0 Å². The minimum Gasteiger partial charge on any atom is -0.341 e. The first kappa shape index (κ1) is 16.3. The van der Waals surface area contributed by atoms with Gasteiger partial charge < -0.3 is 15.5 Å². The van der Waals surface area contributed by atoms with E-state index in [9.17, 15) is 9.59 Å². The first-order chi connectivity index (χ1) is 9.91. The predicted molar refractivity (Wildman–Crippen MR) is 82.5 cm³/mol. The number of carbonyl (C=O) groups is 2. The van der Waals surface area contributed by atoms with E-state index in [0.717, 1.165) is 38.9 Å². The second kappa shape index (κ2) is 6.77. The zero-order chi connectivity index (χ0) is 15.6. The van der Waals surface area contributed by atoms with Crippen LogP contribution in [0.2, 0.25) is 0 Å². The normalized spacial score (nSPS) is 26.3. The number of carbonyl (C=O) groups excluding carboxylic acids is 2.